The monoisotopic (exact) mass is 315 g/mol. The van der Waals surface area contributed by atoms with Crippen LogP contribution in [0.15, 0.2) is 36.5 Å². The van der Waals surface area contributed by atoms with Crippen molar-refractivity contribution in [1.82, 2.24) is 15.6 Å². The number of nitrogens with one attached hydrogen (secondary N) is 2. The van der Waals surface area contributed by atoms with Crippen LogP contribution in [0.1, 0.15) is 31.3 Å². The summed E-state index contributed by atoms with van der Waals surface area (Å²) in [5.74, 6) is -0.271. The minimum atomic E-state index is -0.541. The first-order valence-corrected chi connectivity index (χ1v) is 7.45. The molecule has 2 amide bonds. The molecule has 0 atom stereocenters. The van der Waals surface area contributed by atoms with Crippen LogP contribution in [-0.4, -0.2) is 35.7 Å². The second-order valence-corrected chi connectivity index (χ2v) is 6.07. The third-order valence-corrected chi connectivity index (χ3v) is 2.97. The maximum atomic E-state index is 12.2. The van der Waals surface area contributed by atoms with Gasteiger partial charge in [-0.05, 0) is 32.2 Å². The van der Waals surface area contributed by atoms with Gasteiger partial charge in [-0.3, -0.25) is 9.78 Å². The quantitative estimate of drug-likeness (QED) is 0.850. The summed E-state index contributed by atoms with van der Waals surface area (Å²) in [4.78, 5) is 27.8. The number of benzene rings is 1. The van der Waals surface area contributed by atoms with Gasteiger partial charge in [0.1, 0.15) is 11.3 Å². The van der Waals surface area contributed by atoms with E-state index in [0.717, 1.165) is 10.8 Å². The molecule has 0 aliphatic rings. The van der Waals surface area contributed by atoms with Crippen LogP contribution >= 0.6 is 0 Å². The topological polar surface area (TPSA) is 80.3 Å². The van der Waals surface area contributed by atoms with Gasteiger partial charge in [0.15, 0.2) is 0 Å². The van der Waals surface area contributed by atoms with Gasteiger partial charge in [-0.15, -0.1) is 0 Å². The summed E-state index contributed by atoms with van der Waals surface area (Å²) in [6, 6.07) is 9.42. The third-order valence-electron chi connectivity index (χ3n) is 2.97. The smallest absolute Gasteiger partial charge is 0.407 e. The SMILES string of the molecule is CC(C)(C)OC(=O)NCCNC(=O)c1nccc2ccccc12. The first-order valence-electron chi connectivity index (χ1n) is 7.45. The Balaban J connectivity index is 1.87. The summed E-state index contributed by atoms with van der Waals surface area (Å²) >= 11 is 0. The number of carbonyl (C=O) groups excluding carboxylic acids is 2. The van der Waals surface area contributed by atoms with E-state index in [9.17, 15) is 9.59 Å². The molecule has 2 aromatic rings. The molecule has 0 unspecified atom stereocenters. The zero-order valence-corrected chi connectivity index (χ0v) is 13.6. The first-order chi connectivity index (χ1) is 10.9. The third kappa shape index (κ3) is 4.95. The number of hydrogen-bond acceptors (Lipinski definition) is 4. The average molecular weight is 315 g/mol. The number of aromatic nitrogens is 1. The lowest BCUT2D eigenvalue weighted by Gasteiger charge is -2.19. The van der Waals surface area contributed by atoms with Crippen molar-refractivity contribution >= 4 is 22.8 Å². The standard InChI is InChI=1S/C17H21N3O3/c1-17(2,3)23-16(22)20-11-10-19-15(21)14-13-7-5-4-6-12(13)8-9-18-14/h4-9H,10-11H2,1-3H3,(H,19,21)(H,20,22). The van der Waals surface area contributed by atoms with Gasteiger partial charge in [0.05, 0.1) is 0 Å². The number of alkyl carbamates (subject to hydrolysis) is 1. The van der Waals surface area contributed by atoms with Crippen molar-refractivity contribution in [3.8, 4) is 0 Å². The van der Waals surface area contributed by atoms with Crippen LogP contribution in [0.5, 0.6) is 0 Å². The molecule has 122 valence electrons. The maximum absolute atomic E-state index is 12.2. The fraction of sp³-hybridized carbons (Fsp3) is 0.353. The lowest BCUT2D eigenvalue weighted by Crippen LogP contribution is -2.38. The van der Waals surface area contributed by atoms with Crippen LogP contribution in [-0.2, 0) is 4.74 Å². The van der Waals surface area contributed by atoms with Crippen LogP contribution in [0.4, 0.5) is 4.79 Å². The van der Waals surface area contributed by atoms with E-state index in [4.69, 9.17) is 4.74 Å². The number of rotatable bonds is 4. The van der Waals surface area contributed by atoms with Crippen molar-refractivity contribution in [2.45, 2.75) is 26.4 Å². The molecular weight excluding hydrogens is 294 g/mol. The van der Waals surface area contributed by atoms with E-state index in [1.807, 2.05) is 30.3 Å². The van der Waals surface area contributed by atoms with E-state index in [1.54, 1.807) is 27.0 Å². The molecule has 0 aliphatic heterocycles. The van der Waals surface area contributed by atoms with Crippen LogP contribution in [0.3, 0.4) is 0 Å². The van der Waals surface area contributed by atoms with E-state index in [2.05, 4.69) is 15.6 Å². The van der Waals surface area contributed by atoms with Crippen molar-refractivity contribution < 1.29 is 14.3 Å². The molecule has 1 heterocycles. The van der Waals surface area contributed by atoms with Crippen molar-refractivity contribution in [1.29, 1.82) is 0 Å². The Morgan fingerprint density at radius 1 is 1.09 bits per heavy atom. The van der Waals surface area contributed by atoms with Gasteiger partial charge in [-0.25, -0.2) is 4.79 Å². The number of amides is 2. The summed E-state index contributed by atoms with van der Waals surface area (Å²) in [5.41, 5.74) is -0.166. The molecule has 6 nitrogen and oxygen atoms in total. The van der Waals surface area contributed by atoms with E-state index >= 15 is 0 Å². The Kier molecular flexibility index (Phi) is 5.16. The summed E-state index contributed by atoms with van der Waals surface area (Å²) < 4.78 is 5.11. The molecule has 2 rings (SSSR count). The fourth-order valence-corrected chi connectivity index (χ4v) is 2.04. The predicted octanol–water partition coefficient (Wildman–Crippen LogP) is 2.49. The molecule has 0 radical (unpaired) electrons. The van der Waals surface area contributed by atoms with Gasteiger partial charge >= 0.3 is 6.09 Å². The van der Waals surface area contributed by atoms with Crippen molar-refractivity contribution in [3.05, 3.63) is 42.2 Å². The van der Waals surface area contributed by atoms with Gasteiger partial charge in [0.2, 0.25) is 0 Å². The van der Waals surface area contributed by atoms with E-state index in [1.165, 1.54) is 0 Å². The Hall–Kier alpha value is -2.63. The first kappa shape index (κ1) is 16.7. The van der Waals surface area contributed by atoms with Crippen LogP contribution in [0, 0.1) is 0 Å². The summed E-state index contributed by atoms with van der Waals surface area (Å²) in [6.07, 6.45) is 1.10. The fourth-order valence-electron chi connectivity index (χ4n) is 2.04. The van der Waals surface area contributed by atoms with Gasteiger partial charge in [-0.1, -0.05) is 24.3 Å². The molecule has 0 bridgehead atoms. The molecule has 23 heavy (non-hydrogen) atoms. The highest BCUT2D eigenvalue weighted by molar-refractivity contribution is 6.05. The normalized spacial score (nSPS) is 11.1. The van der Waals surface area contributed by atoms with E-state index in [-0.39, 0.29) is 12.5 Å². The number of fused-ring (bicyclic) bond motifs is 1. The highest BCUT2D eigenvalue weighted by atomic mass is 16.6. The molecule has 0 saturated heterocycles. The molecule has 0 fully saturated rings. The molecule has 0 aliphatic carbocycles. The minimum absolute atomic E-state index is 0.271. The van der Waals surface area contributed by atoms with Crippen molar-refractivity contribution in [3.63, 3.8) is 0 Å². The summed E-state index contributed by atoms with van der Waals surface area (Å²) in [5, 5.41) is 7.08. The molecule has 2 N–H and O–H groups in total. The van der Waals surface area contributed by atoms with E-state index < -0.39 is 11.7 Å². The van der Waals surface area contributed by atoms with Crippen LogP contribution < -0.4 is 10.6 Å². The maximum Gasteiger partial charge on any atom is 0.407 e. The molecule has 1 aromatic carbocycles. The number of hydrogen-bond donors (Lipinski definition) is 2. The molecule has 0 saturated carbocycles. The Morgan fingerprint density at radius 2 is 1.78 bits per heavy atom. The highest BCUT2D eigenvalue weighted by Gasteiger charge is 2.16. The number of carbonyl (C=O) groups is 2. The van der Waals surface area contributed by atoms with Crippen LogP contribution in [0.2, 0.25) is 0 Å². The molecular formula is C17H21N3O3. The lowest BCUT2D eigenvalue weighted by molar-refractivity contribution is 0.0526. The minimum Gasteiger partial charge on any atom is -0.444 e. The lowest BCUT2D eigenvalue weighted by atomic mass is 10.1. The number of ether oxygens (including phenoxy) is 1. The largest absolute Gasteiger partial charge is 0.444 e. The number of nitrogens with zero attached hydrogens (tertiary/aromatic N) is 1. The zero-order chi connectivity index (χ0) is 16.9. The second kappa shape index (κ2) is 7.09. The van der Waals surface area contributed by atoms with Crippen LogP contribution in [0.25, 0.3) is 10.8 Å². The molecule has 1 aromatic heterocycles. The van der Waals surface area contributed by atoms with E-state index in [0.29, 0.717) is 12.2 Å². The van der Waals surface area contributed by atoms with Gasteiger partial charge < -0.3 is 15.4 Å². The number of pyridine rings is 1. The summed E-state index contributed by atoms with van der Waals surface area (Å²) in [6.45, 7) is 5.95. The van der Waals surface area contributed by atoms with Gasteiger partial charge in [-0.2, -0.15) is 0 Å². The predicted molar refractivity (Wildman–Crippen MR) is 88.3 cm³/mol. The van der Waals surface area contributed by atoms with Gasteiger partial charge in [0, 0.05) is 24.7 Å². The molecule has 0 spiro atoms. The zero-order valence-electron chi connectivity index (χ0n) is 13.6. The Labute approximate surface area is 135 Å². The highest BCUT2D eigenvalue weighted by Crippen LogP contribution is 2.15. The molecule has 6 heteroatoms. The average Bonchev–Trinajstić information content (AvgIpc) is 2.49. The van der Waals surface area contributed by atoms with Crippen molar-refractivity contribution in [2.75, 3.05) is 13.1 Å². The van der Waals surface area contributed by atoms with Gasteiger partial charge in [0.25, 0.3) is 5.91 Å². The van der Waals surface area contributed by atoms with Crippen molar-refractivity contribution in [2.24, 2.45) is 0 Å². The Bertz CT molecular complexity index is 702. The Morgan fingerprint density at radius 3 is 2.52 bits per heavy atom. The second-order valence-electron chi connectivity index (χ2n) is 6.07. The summed E-state index contributed by atoms with van der Waals surface area (Å²) in [7, 11) is 0.